The molecule has 0 saturated heterocycles. The lowest BCUT2D eigenvalue weighted by molar-refractivity contribution is -0.116. The maximum Gasteiger partial charge on any atom is 0.229 e. The molecule has 0 spiro atoms. The Balaban J connectivity index is 2.44. The molecule has 0 bridgehead atoms. The number of carbonyl (C=O) groups is 1. The number of anilines is 2. The molecule has 3 N–H and O–H groups in total. The zero-order valence-corrected chi connectivity index (χ0v) is 8.16. The van der Waals surface area contributed by atoms with E-state index in [0.29, 0.717) is 18.1 Å². The van der Waals surface area contributed by atoms with Crippen LogP contribution >= 0.6 is 0 Å². The van der Waals surface area contributed by atoms with Crippen LogP contribution in [0.1, 0.15) is 26.2 Å². The molecule has 1 heterocycles. The van der Waals surface area contributed by atoms with Crippen LogP contribution in [0.3, 0.4) is 0 Å². The average Bonchev–Trinajstić information content (AvgIpc) is 2.18. The molecule has 5 nitrogen and oxygen atoms in total. The van der Waals surface area contributed by atoms with Gasteiger partial charge in [-0.25, -0.2) is 9.97 Å². The highest BCUT2D eigenvalue weighted by Gasteiger charge is 2.02. The van der Waals surface area contributed by atoms with Gasteiger partial charge in [-0.2, -0.15) is 0 Å². The van der Waals surface area contributed by atoms with Crippen LogP contribution < -0.4 is 11.1 Å². The fourth-order valence-electron chi connectivity index (χ4n) is 0.927. The number of nitrogens with two attached hydrogens (primary N) is 1. The lowest BCUT2D eigenvalue weighted by atomic mass is 10.2. The first-order valence-electron chi connectivity index (χ1n) is 4.59. The molecule has 76 valence electrons. The number of hydrogen-bond acceptors (Lipinski definition) is 4. The number of nitrogens with zero attached hydrogens (tertiary/aromatic N) is 2. The summed E-state index contributed by atoms with van der Waals surface area (Å²) in [5.74, 6) is 0.247. The van der Waals surface area contributed by atoms with E-state index < -0.39 is 0 Å². The van der Waals surface area contributed by atoms with Gasteiger partial charge >= 0.3 is 0 Å². The zero-order chi connectivity index (χ0) is 10.4. The highest BCUT2D eigenvalue weighted by Crippen LogP contribution is 2.02. The van der Waals surface area contributed by atoms with Crippen LogP contribution in [-0.4, -0.2) is 15.9 Å². The smallest absolute Gasteiger partial charge is 0.229 e. The van der Waals surface area contributed by atoms with Crippen LogP contribution in [0.4, 0.5) is 11.6 Å². The second-order valence-electron chi connectivity index (χ2n) is 2.99. The lowest BCUT2D eigenvalue weighted by Crippen LogP contribution is -2.13. The van der Waals surface area contributed by atoms with Gasteiger partial charge < -0.3 is 5.73 Å². The molecule has 14 heavy (non-hydrogen) atoms. The Labute approximate surface area is 82.7 Å². The first-order chi connectivity index (χ1) is 6.72. The van der Waals surface area contributed by atoms with E-state index >= 15 is 0 Å². The van der Waals surface area contributed by atoms with E-state index in [1.54, 1.807) is 0 Å². The number of nitrogen functional groups attached to an aromatic ring is 1. The minimum absolute atomic E-state index is 0.0587. The summed E-state index contributed by atoms with van der Waals surface area (Å²) in [7, 11) is 0. The van der Waals surface area contributed by atoms with Gasteiger partial charge in [-0.3, -0.25) is 10.1 Å². The maximum absolute atomic E-state index is 11.2. The standard InChI is InChI=1S/C9H14N4O/c1-2-3-4-8(14)13-9-11-5-7(10)6-12-9/h5-6H,2-4,10H2,1H3,(H,11,12,13,14). The van der Waals surface area contributed by atoms with Crippen molar-refractivity contribution in [3.05, 3.63) is 12.4 Å². The van der Waals surface area contributed by atoms with E-state index in [2.05, 4.69) is 15.3 Å². The third-order valence-corrected chi connectivity index (χ3v) is 1.68. The number of hydrogen-bond donors (Lipinski definition) is 2. The molecule has 0 radical (unpaired) electrons. The highest BCUT2D eigenvalue weighted by atomic mass is 16.1. The minimum atomic E-state index is -0.0587. The van der Waals surface area contributed by atoms with Crippen LogP contribution in [0.15, 0.2) is 12.4 Å². The van der Waals surface area contributed by atoms with E-state index in [4.69, 9.17) is 5.73 Å². The Bertz CT molecular complexity index is 296. The Morgan fingerprint density at radius 3 is 2.71 bits per heavy atom. The fraction of sp³-hybridized carbons (Fsp3) is 0.444. The van der Waals surface area contributed by atoms with E-state index in [-0.39, 0.29) is 5.91 Å². The van der Waals surface area contributed by atoms with Gasteiger partial charge in [0.15, 0.2) is 0 Å². The summed E-state index contributed by atoms with van der Waals surface area (Å²) in [4.78, 5) is 19.0. The van der Waals surface area contributed by atoms with Gasteiger partial charge in [-0.1, -0.05) is 13.3 Å². The van der Waals surface area contributed by atoms with Crippen LogP contribution in [0.5, 0.6) is 0 Å². The molecule has 0 atom stereocenters. The van der Waals surface area contributed by atoms with Crippen molar-refractivity contribution in [1.29, 1.82) is 0 Å². The van der Waals surface area contributed by atoms with E-state index in [0.717, 1.165) is 12.8 Å². The monoisotopic (exact) mass is 194 g/mol. The van der Waals surface area contributed by atoms with Gasteiger partial charge in [0.25, 0.3) is 0 Å². The zero-order valence-electron chi connectivity index (χ0n) is 8.16. The molecule has 5 heteroatoms. The van der Waals surface area contributed by atoms with Crippen molar-refractivity contribution in [1.82, 2.24) is 9.97 Å². The van der Waals surface area contributed by atoms with Gasteiger partial charge in [0.1, 0.15) is 0 Å². The second kappa shape index (κ2) is 5.16. The number of carbonyl (C=O) groups excluding carboxylic acids is 1. The quantitative estimate of drug-likeness (QED) is 0.754. The molecule has 1 aromatic heterocycles. The van der Waals surface area contributed by atoms with E-state index in [1.807, 2.05) is 6.92 Å². The van der Waals surface area contributed by atoms with Crippen LogP contribution in [0.25, 0.3) is 0 Å². The molecular weight excluding hydrogens is 180 g/mol. The number of nitrogens with one attached hydrogen (secondary N) is 1. The maximum atomic E-state index is 11.2. The summed E-state index contributed by atoms with van der Waals surface area (Å²) >= 11 is 0. The summed E-state index contributed by atoms with van der Waals surface area (Å²) in [5, 5.41) is 2.59. The lowest BCUT2D eigenvalue weighted by Gasteiger charge is -2.02. The summed E-state index contributed by atoms with van der Waals surface area (Å²) in [6, 6.07) is 0. The van der Waals surface area contributed by atoms with Crippen molar-refractivity contribution >= 4 is 17.5 Å². The van der Waals surface area contributed by atoms with Crippen molar-refractivity contribution in [3.8, 4) is 0 Å². The summed E-state index contributed by atoms with van der Waals surface area (Å²) < 4.78 is 0. The molecular formula is C9H14N4O. The third-order valence-electron chi connectivity index (χ3n) is 1.68. The minimum Gasteiger partial charge on any atom is -0.396 e. The van der Waals surface area contributed by atoms with Gasteiger partial charge in [0, 0.05) is 6.42 Å². The topological polar surface area (TPSA) is 80.9 Å². The Hall–Kier alpha value is -1.65. The molecule has 1 rings (SSSR count). The molecule has 1 amide bonds. The molecule has 0 fully saturated rings. The number of aromatic nitrogens is 2. The molecule has 0 aliphatic heterocycles. The predicted molar refractivity (Wildman–Crippen MR) is 54.6 cm³/mol. The Kier molecular flexibility index (Phi) is 3.84. The molecule has 0 saturated carbocycles. The van der Waals surface area contributed by atoms with E-state index in [9.17, 15) is 4.79 Å². The average molecular weight is 194 g/mol. The van der Waals surface area contributed by atoms with Gasteiger partial charge in [-0.05, 0) is 6.42 Å². The van der Waals surface area contributed by atoms with Crippen LogP contribution in [-0.2, 0) is 4.79 Å². The largest absolute Gasteiger partial charge is 0.396 e. The number of unbranched alkanes of at least 4 members (excludes halogenated alkanes) is 1. The Morgan fingerprint density at radius 1 is 1.50 bits per heavy atom. The van der Waals surface area contributed by atoms with Crippen molar-refractivity contribution in [3.63, 3.8) is 0 Å². The molecule has 0 aromatic carbocycles. The first kappa shape index (κ1) is 10.4. The summed E-state index contributed by atoms with van der Waals surface area (Å²) in [5.41, 5.74) is 5.88. The van der Waals surface area contributed by atoms with Gasteiger partial charge in [0.05, 0.1) is 18.1 Å². The SMILES string of the molecule is CCCCC(=O)Nc1ncc(N)cn1. The normalized spacial score (nSPS) is 9.79. The summed E-state index contributed by atoms with van der Waals surface area (Å²) in [6.45, 7) is 2.03. The van der Waals surface area contributed by atoms with Crippen molar-refractivity contribution < 1.29 is 4.79 Å². The number of amides is 1. The van der Waals surface area contributed by atoms with Gasteiger partial charge in [-0.15, -0.1) is 0 Å². The first-order valence-corrected chi connectivity index (χ1v) is 4.59. The van der Waals surface area contributed by atoms with Crippen LogP contribution in [0.2, 0.25) is 0 Å². The van der Waals surface area contributed by atoms with Crippen molar-refractivity contribution in [2.75, 3.05) is 11.1 Å². The molecule has 0 aliphatic carbocycles. The fourth-order valence-corrected chi connectivity index (χ4v) is 0.927. The molecule has 0 aliphatic rings. The predicted octanol–water partition coefficient (Wildman–Crippen LogP) is 1.19. The van der Waals surface area contributed by atoms with Crippen LogP contribution in [0, 0.1) is 0 Å². The summed E-state index contributed by atoms with van der Waals surface area (Å²) in [6.07, 6.45) is 5.30. The van der Waals surface area contributed by atoms with Crippen molar-refractivity contribution in [2.24, 2.45) is 0 Å². The highest BCUT2D eigenvalue weighted by molar-refractivity contribution is 5.88. The van der Waals surface area contributed by atoms with Crippen molar-refractivity contribution in [2.45, 2.75) is 26.2 Å². The third kappa shape index (κ3) is 3.38. The molecule has 0 unspecified atom stereocenters. The van der Waals surface area contributed by atoms with E-state index in [1.165, 1.54) is 12.4 Å². The Morgan fingerprint density at radius 2 is 2.14 bits per heavy atom. The molecule has 1 aromatic rings. The second-order valence-corrected chi connectivity index (χ2v) is 2.99. The number of rotatable bonds is 4. The van der Waals surface area contributed by atoms with Gasteiger partial charge in [0.2, 0.25) is 11.9 Å².